The van der Waals surface area contributed by atoms with E-state index in [1.54, 1.807) is 34.5 Å². The molecule has 1 fully saturated rings. The van der Waals surface area contributed by atoms with Crippen LogP contribution in [0.2, 0.25) is 0 Å². The molecule has 1 amide bonds. The highest BCUT2D eigenvalue weighted by Gasteiger charge is 2.32. The Bertz CT molecular complexity index is 1010. The SMILES string of the molecule is Cc1cccc(N(C)C(=O)c2cccc(S(=O)(=O)N3CC(C)CC(C)C3)c2)c1C. The largest absolute Gasteiger partial charge is 0.311 e. The average Bonchev–Trinajstić information content (AvgIpc) is 2.68. The van der Waals surface area contributed by atoms with E-state index in [4.69, 9.17) is 0 Å². The van der Waals surface area contributed by atoms with E-state index in [1.165, 1.54) is 6.07 Å². The minimum Gasteiger partial charge on any atom is -0.311 e. The van der Waals surface area contributed by atoms with Crippen LogP contribution in [0.5, 0.6) is 0 Å². The molecule has 0 aliphatic carbocycles. The van der Waals surface area contributed by atoms with E-state index in [0.29, 0.717) is 30.5 Å². The van der Waals surface area contributed by atoms with E-state index in [2.05, 4.69) is 13.8 Å². The Hall–Kier alpha value is -2.18. The first-order valence-corrected chi connectivity index (χ1v) is 11.5. The summed E-state index contributed by atoms with van der Waals surface area (Å²) in [6.07, 6.45) is 1.03. The molecule has 29 heavy (non-hydrogen) atoms. The van der Waals surface area contributed by atoms with E-state index in [0.717, 1.165) is 23.2 Å². The Morgan fingerprint density at radius 2 is 1.66 bits per heavy atom. The van der Waals surface area contributed by atoms with Crippen LogP contribution in [0, 0.1) is 25.7 Å². The minimum absolute atomic E-state index is 0.180. The number of amides is 1. The summed E-state index contributed by atoms with van der Waals surface area (Å²) in [6.45, 7) is 9.19. The molecule has 1 aliphatic heterocycles. The zero-order chi connectivity index (χ0) is 21.3. The van der Waals surface area contributed by atoms with Gasteiger partial charge >= 0.3 is 0 Å². The van der Waals surface area contributed by atoms with Crippen molar-refractivity contribution in [1.82, 2.24) is 4.31 Å². The van der Waals surface area contributed by atoms with Crippen molar-refractivity contribution in [3.05, 3.63) is 59.2 Å². The van der Waals surface area contributed by atoms with Crippen molar-refractivity contribution in [3.8, 4) is 0 Å². The lowest BCUT2D eigenvalue weighted by atomic mass is 9.94. The molecule has 0 aromatic heterocycles. The lowest BCUT2D eigenvalue weighted by molar-refractivity contribution is 0.0992. The fourth-order valence-corrected chi connectivity index (χ4v) is 5.87. The van der Waals surface area contributed by atoms with Crippen LogP contribution >= 0.6 is 0 Å². The zero-order valence-corrected chi connectivity index (χ0v) is 18.7. The summed E-state index contributed by atoms with van der Waals surface area (Å²) in [6, 6.07) is 12.2. The van der Waals surface area contributed by atoms with Gasteiger partial charge in [-0.05, 0) is 67.5 Å². The predicted molar refractivity (Wildman–Crippen MR) is 117 cm³/mol. The molecule has 1 saturated heterocycles. The summed E-state index contributed by atoms with van der Waals surface area (Å²) < 4.78 is 27.9. The highest BCUT2D eigenvalue weighted by Crippen LogP contribution is 2.28. The smallest absolute Gasteiger partial charge is 0.258 e. The lowest BCUT2D eigenvalue weighted by Gasteiger charge is -2.34. The van der Waals surface area contributed by atoms with Crippen LogP contribution < -0.4 is 4.90 Å². The van der Waals surface area contributed by atoms with Gasteiger partial charge in [-0.2, -0.15) is 4.31 Å². The third kappa shape index (κ3) is 4.38. The van der Waals surface area contributed by atoms with Gasteiger partial charge in [0.1, 0.15) is 0 Å². The molecule has 1 aliphatic rings. The molecule has 6 heteroatoms. The first kappa shape index (κ1) is 21.5. The molecule has 1 heterocycles. The van der Waals surface area contributed by atoms with Crippen molar-refractivity contribution in [2.75, 3.05) is 25.0 Å². The third-order valence-electron chi connectivity index (χ3n) is 5.80. The summed E-state index contributed by atoms with van der Waals surface area (Å²) in [7, 11) is -1.91. The fourth-order valence-electron chi connectivity index (χ4n) is 4.14. The van der Waals surface area contributed by atoms with Crippen LogP contribution in [0.15, 0.2) is 47.4 Å². The number of carbonyl (C=O) groups is 1. The third-order valence-corrected chi connectivity index (χ3v) is 7.62. The van der Waals surface area contributed by atoms with Crippen molar-refractivity contribution < 1.29 is 13.2 Å². The van der Waals surface area contributed by atoms with Crippen LogP contribution in [-0.2, 0) is 10.0 Å². The molecular weight excluding hydrogens is 384 g/mol. The van der Waals surface area contributed by atoms with E-state index < -0.39 is 10.0 Å². The van der Waals surface area contributed by atoms with Gasteiger partial charge in [0.2, 0.25) is 10.0 Å². The fraction of sp³-hybridized carbons (Fsp3) is 0.435. The number of rotatable bonds is 4. The Labute approximate surface area is 174 Å². The maximum atomic E-state index is 13.2. The number of benzene rings is 2. The van der Waals surface area contributed by atoms with Crippen LogP contribution in [-0.4, -0.2) is 38.8 Å². The van der Waals surface area contributed by atoms with Gasteiger partial charge in [0.15, 0.2) is 0 Å². The molecule has 2 aromatic rings. The highest BCUT2D eigenvalue weighted by molar-refractivity contribution is 7.89. The number of aryl methyl sites for hydroxylation is 1. The predicted octanol–water partition coefficient (Wildman–Crippen LogP) is 4.25. The number of anilines is 1. The van der Waals surface area contributed by atoms with Crippen LogP contribution in [0.4, 0.5) is 5.69 Å². The summed E-state index contributed by atoms with van der Waals surface area (Å²) in [5.41, 5.74) is 3.32. The van der Waals surface area contributed by atoms with Crippen molar-refractivity contribution in [2.24, 2.45) is 11.8 Å². The Balaban J connectivity index is 1.91. The molecule has 3 rings (SSSR count). The second kappa shape index (κ2) is 8.28. The van der Waals surface area contributed by atoms with Crippen LogP contribution in [0.1, 0.15) is 41.8 Å². The zero-order valence-electron chi connectivity index (χ0n) is 17.8. The lowest BCUT2D eigenvalue weighted by Crippen LogP contribution is -2.42. The maximum absolute atomic E-state index is 13.2. The minimum atomic E-state index is -3.63. The molecule has 0 N–H and O–H groups in total. The van der Waals surface area contributed by atoms with Crippen molar-refractivity contribution >= 4 is 21.6 Å². The first-order valence-electron chi connectivity index (χ1n) is 10.1. The van der Waals surface area contributed by atoms with Gasteiger partial charge < -0.3 is 4.90 Å². The number of nitrogens with zero attached hydrogens (tertiary/aromatic N) is 2. The number of piperidine rings is 1. The van der Waals surface area contributed by atoms with Crippen molar-refractivity contribution in [3.63, 3.8) is 0 Å². The van der Waals surface area contributed by atoms with Crippen molar-refractivity contribution in [1.29, 1.82) is 0 Å². The summed E-state index contributed by atoms with van der Waals surface area (Å²) in [4.78, 5) is 14.8. The van der Waals surface area contributed by atoms with Gasteiger partial charge in [0.25, 0.3) is 5.91 Å². The molecule has 0 saturated carbocycles. The second-order valence-corrected chi connectivity index (χ2v) is 10.3. The molecule has 0 spiro atoms. The van der Waals surface area contributed by atoms with Crippen LogP contribution in [0.25, 0.3) is 0 Å². The Kier molecular flexibility index (Phi) is 6.15. The summed E-state index contributed by atoms with van der Waals surface area (Å²) in [5, 5.41) is 0. The average molecular weight is 415 g/mol. The standard InChI is InChI=1S/C23H30N2O3S/c1-16-12-17(2)15-25(14-16)29(27,28)21-10-7-9-20(13-21)23(26)24(5)22-11-6-8-18(3)19(22)4/h6-11,13,16-17H,12,14-15H2,1-5H3. The van der Waals surface area contributed by atoms with Gasteiger partial charge in [-0.25, -0.2) is 8.42 Å². The first-order chi connectivity index (χ1) is 13.6. The van der Waals surface area contributed by atoms with Gasteiger partial charge in [-0.15, -0.1) is 0 Å². The molecule has 2 atom stereocenters. The van der Waals surface area contributed by atoms with Gasteiger partial charge in [0, 0.05) is 31.4 Å². The Morgan fingerprint density at radius 3 is 2.31 bits per heavy atom. The molecule has 5 nitrogen and oxygen atoms in total. The van der Waals surface area contributed by atoms with Crippen molar-refractivity contribution in [2.45, 2.75) is 39.0 Å². The molecule has 0 radical (unpaired) electrons. The molecule has 156 valence electrons. The van der Waals surface area contributed by atoms with Gasteiger partial charge in [-0.3, -0.25) is 4.79 Å². The molecule has 2 aromatic carbocycles. The maximum Gasteiger partial charge on any atom is 0.258 e. The summed E-state index contributed by atoms with van der Waals surface area (Å²) >= 11 is 0. The molecule has 0 bridgehead atoms. The number of hydrogen-bond donors (Lipinski definition) is 0. The quantitative estimate of drug-likeness (QED) is 0.752. The van der Waals surface area contributed by atoms with Crippen LogP contribution in [0.3, 0.4) is 0 Å². The highest BCUT2D eigenvalue weighted by atomic mass is 32.2. The monoisotopic (exact) mass is 414 g/mol. The normalized spacial score (nSPS) is 20.4. The molecule has 2 unspecified atom stereocenters. The second-order valence-electron chi connectivity index (χ2n) is 8.38. The van der Waals surface area contributed by atoms with E-state index >= 15 is 0 Å². The number of carbonyl (C=O) groups excluding carboxylic acids is 1. The molecular formula is C23H30N2O3S. The number of hydrogen-bond acceptors (Lipinski definition) is 3. The van der Waals surface area contributed by atoms with E-state index in [1.807, 2.05) is 32.0 Å². The van der Waals surface area contributed by atoms with Gasteiger partial charge in [0.05, 0.1) is 4.90 Å². The summed E-state index contributed by atoms with van der Waals surface area (Å²) in [5.74, 6) is 0.429. The van der Waals surface area contributed by atoms with Gasteiger partial charge in [-0.1, -0.05) is 32.0 Å². The van der Waals surface area contributed by atoms with E-state index in [9.17, 15) is 13.2 Å². The number of sulfonamides is 1. The topological polar surface area (TPSA) is 57.7 Å². The van der Waals surface area contributed by atoms with E-state index in [-0.39, 0.29) is 10.8 Å². The Morgan fingerprint density at radius 1 is 1.03 bits per heavy atom.